The number of aryl methyl sites for hydroxylation is 1. The maximum absolute atomic E-state index is 5.87. The molecule has 1 aliphatic rings. The van der Waals surface area contributed by atoms with Gasteiger partial charge in [0.1, 0.15) is 17.5 Å². The fraction of sp³-hybridized carbons (Fsp3) is 0.750. The molecule has 1 aromatic rings. The number of hydrogen-bond acceptors (Lipinski definition) is 4. The molecule has 4 nitrogen and oxygen atoms in total. The van der Waals surface area contributed by atoms with Crippen molar-refractivity contribution in [2.75, 3.05) is 11.1 Å². The number of hydrogen-bond donors (Lipinski definition) is 2. The molecule has 1 heterocycles. The second-order valence-corrected chi connectivity index (χ2v) is 5.99. The van der Waals surface area contributed by atoms with E-state index in [0.29, 0.717) is 11.9 Å². The smallest absolute Gasteiger partial charge is 0.133 e. The van der Waals surface area contributed by atoms with Crippen LogP contribution in [0.15, 0.2) is 6.07 Å². The van der Waals surface area contributed by atoms with E-state index in [2.05, 4.69) is 29.1 Å². The number of nitrogen functional groups attached to an aromatic ring is 1. The van der Waals surface area contributed by atoms with Gasteiger partial charge in [-0.3, -0.25) is 0 Å². The van der Waals surface area contributed by atoms with Crippen LogP contribution in [0.1, 0.15) is 64.6 Å². The van der Waals surface area contributed by atoms with Gasteiger partial charge < -0.3 is 11.1 Å². The van der Waals surface area contributed by atoms with Crippen LogP contribution < -0.4 is 11.1 Å². The molecule has 0 saturated heterocycles. The van der Waals surface area contributed by atoms with E-state index in [-0.39, 0.29) is 0 Å². The van der Waals surface area contributed by atoms with Gasteiger partial charge in [-0.05, 0) is 38.0 Å². The molecular weight excluding hydrogens is 248 g/mol. The zero-order valence-electron chi connectivity index (χ0n) is 12.9. The molecule has 0 bridgehead atoms. The van der Waals surface area contributed by atoms with E-state index < -0.39 is 0 Å². The predicted molar refractivity (Wildman–Crippen MR) is 84.7 cm³/mol. The van der Waals surface area contributed by atoms with Gasteiger partial charge in [-0.25, -0.2) is 9.97 Å². The summed E-state index contributed by atoms with van der Waals surface area (Å²) in [7, 11) is 0. The third-order valence-corrected chi connectivity index (χ3v) is 4.16. The first-order valence-electron chi connectivity index (χ1n) is 8.11. The lowest BCUT2D eigenvalue weighted by Gasteiger charge is -2.29. The van der Waals surface area contributed by atoms with Crippen LogP contribution in [0, 0.1) is 5.92 Å². The van der Waals surface area contributed by atoms with Crippen molar-refractivity contribution < 1.29 is 0 Å². The minimum Gasteiger partial charge on any atom is -0.384 e. The summed E-state index contributed by atoms with van der Waals surface area (Å²) in [6.07, 6.45) is 9.81. The average molecular weight is 276 g/mol. The standard InChI is InChI=1S/C16H28N4/c1-3-5-12-7-9-13(10-8-12)18-16-11-14(17)19-15(20-16)6-4-2/h11-13H,3-10H2,1-2H3,(H3,17,18,19,20). The molecule has 1 saturated carbocycles. The Bertz CT molecular complexity index is 411. The molecule has 1 fully saturated rings. The van der Waals surface area contributed by atoms with Crippen molar-refractivity contribution in [2.45, 2.75) is 71.3 Å². The van der Waals surface area contributed by atoms with Crippen molar-refractivity contribution in [1.82, 2.24) is 9.97 Å². The van der Waals surface area contributed by atoms with Gasteiger partial charge in [0.15, 0.2) is 0 Å². The fourth-order valence-electron chi connectivity index (χ4n) is 3.14. The first-order valence-corrected chi connectivity index (χ1v) is 8.11. The SMILES string of the molecule is CCCc1nc(N)cc(NC2CCC(CCC)CC2)n1. The molecule has 3 N–H and O–H groups in total. The second kappa shape index (κ2) is 7.46. The number of aromatic nitrogens is 2. The number of anilines is 2. The van der Waals surface area contributed by atoms with Crippen LogP contribution in [0.25, 0.3) is 0 Å². The normalized spacial score (nSPS) is 22.7. The van der Waals surface area contributed by atoms with Gasteiger partial charge in [-0.15, -0.1) is 0 Å². The lowest BCUT2D eigenvalue weighted by molar-refractivity contribution is 0.318. The van der Waals surface area contributed by atoms with Crippen LogP contribution in [0.5, 0.6) is 0 Å². The van der Waals surface area contributed by atoms with E-state index in [4.69, 9.17) is 5.73 Å². The number of nitrogens with zero attached hydrogens (tertiary/aromatic N) is 2. The maximum Gasteiger partial charge on any atom is 0.133 e. The fourth-order valence-corrected chi connectivity index (χ4v) is 3.14. The zero-order valence-corrected chi connectivity index (χ0v) is 12.9. The highest BCUT2D eigenvalue weighted by Crippen LogP contribution is 2.29. The van der Waals surface area contributed by atoms with Crippen LogP contribution in [0.2, 0.25) is 0 Å². The monoisotopic (exact) mass is 276 g/mol. The van der Waals surface area contributed by atoms with Crippen molar-refractivity contribution in [3.05, 3.63) is 11.9 Å². The minimum absolute atomic E-state index is 0.548. The van der Waals surface area contributed by atoms with Gasteiger partial charge in [0.2, 0.25) is 0 Å². The van der Waals surface area contributed by atoms with Crippen LogP contribution in [-0.2, 0) is 6.42 Å². The van der Waals surface area contributed by atoms with Crippen molar-refractivity contribution in [2.24, 2.45) is 5.92 Å². The van der Waals surface area contributed by atoms with Gasteiger partial charge in [-0.2, -0.15) is 0 Å². The number of nitrogens with two attached hydrogens (primary N) is 1. The Morgan fingerprint density at radius 1 is 1.15 bits per heavy atom. The predicted octanol–water partition coefficient (Wildman–Crippen LogP) is 3.78. The Hall–Kier alpha value is -1.32. The van der Waals surface area contributed by atoms with E-state index in [0.717, 1.165) is 30.4 Å². The molecular formula is C16H28N4. The van der Waals surface area contributed by atoms with E-state index in [1.54, 1.807) is 0 Å². The summed E-state index contributed by atoms with van der Waals surface area (Å²) >= 11 is 0. The zero-order chi connectivity index (χ0) is 14.4. The van der Waals surface area contributed by atoms with Crippen LogP contribution >= 0.6 is 0 Å². The Morgan fingerprint density at radius 2 is 1.90 bits per heavy atom. The van der Waals surface area contributed by atoms with Crippen molar-refractivity contribution >= 4 is 11.6 Å². The Morgan fingerprint density at radius 3 is 2.55 bits per heavy atom. The lowest BCUT2D eigenvalue weighted by atomic mass is 9.83. The molecule has 0 aromatic carbocycles. The summed E-state index contributed by atoms with van der Waals surface area (Å²) in [5.74, 6) is 3.27. The van der Waals surface area contributed by atoms with E-state index in [9.17, 15) is 0 Å². The molecule has 1 aliphatic carbocycles. The summed E-state index contributed by atoms with van der Waals surface area (Å²) in [6.45, 7) is 4.41. The summed E-state index contributed by atoms with van der Waals surface area (Å²) < 4.78 is 0. The largest absolute Gasteiger partial charge is 0.384 e. The van der Waals surface area contributed by atoms with E-state index in [1.807, 2.05) is 6.07 Å². The van der Waals surface area contributed by atoms with Gasteiger partial charge in [0.05, 0.1) is 0 Å². The third kappa shape index (κ3) is 4.36. The molecule has 112 valence electrons. The van der Waals surface area contributed by atoms with Crippen LogP contribution in [0.4, 0.5) is 11.6 Å². The summed E-state index contributed by atoms with van der Waals surface area (Å²) in [4.78, 5) is 8.85. The van der Waals surface area contributed by atoms with Crippen molar-refractivity contribution in [1.29, 1.82) is 0 Å². The molecule has 0 amide bonds. The van der Waals surface area contributed by atoms with Gasteiger partial charge in [0.25, 0.3) is 0 Å². The van der Waals surface area contributed by atoms with Gasteiger partial charge in [-0.1, -0.05) is 26.7 Å². The maximum atomic E-state index is 5.87. The number of nitrogens with one attached hydrogen (secondary N) is 1. The first kappa shape index (κ1) is 15.1. The Labute approximate surface area is 122 Å². The van der Waals surface area contributed by atoms with Gasteiger partial charge >= 0.3 is 0 Å². The minimum atomic E-state index is 0.548. The van der Waals surface area contributed by atoms with Crippen molar-refractivity contribution in [3.8, 4) is 0 Å². The van der Waals surface area contributed by atoms with E-state index in [1.165, 1.54) is 38.5 Å². The molecule has 0 aliphatic heterocycles. The summed E-state index contributed by atoms with van der Waals surface area (Å²) in [5.41, 5.74) is 5.87. The highest BCUT2D eigenvalue weighted by atomic mass is 15.1. The number of rotatable bonds is 6. The molecule has 0 radical (unpaired) electrons. The van der Waals surface area contributed by atoms with Crippen LogP contribution in [0.3, 0.4) is 0 Å². The summed E-state index contributed by atoms with van der Waals surface area (Å²) in [6, 6.07) is 2.41. The Balaban J connectivity index is 1.90. The molecule has 0 spiro atoms. The molecule has 20 heavy (non-hydrogen) atoms. The topological polar surface area (TPSA) is 63.8 Å². The van der Waals surface area contributed by atoms with Crippen molar-refractivity contribution in [3.63, 3.8) is 0 Å². The lowest BCUT2D eigenvalue weighted by Crippen LogP contribution is -2.26. The average Bonchev–Trinajstić information content (AvgIpc) is 2.41. The molecule has 0 unspecified atom stereocenters. The molecule has 4 heteroatoms. The highest BCUT2D eigenvalue weighted by Gasteiger charge is 2.20. The van der Waals surface area contributed by atoms with Gasteiger partial charge in [0, 0.05) is 18.5 Å². The Kier molecular flexibility index (Phi) is 5.62. The summed E-state index contributed by atoms with van der Waals surface area (Å²) in [5, 5.41) is 3.55. The molecule has 2 rings (SSSR count). The second-order valence-electron chi connectivity index (χ2n) is 5.99. The third-order valence-electron chi connectivity index (χ3n) is 4.16. The quantitative estimate of drug-likeness (QED) is 0.830. The van der Waals surface area contributed by atoms with Crippen LogP contribution in [-0.4, -0.2) is 16.0 Å². The molecule has 1 aromatic heterocycles. The van der Waals surface area contributed by atoms with E-state index >= 15 is 0 Å². The first-order chi connectivity index (χ1) is 9.71. The highest BCUT2D eigenvalue weighted by molar-refractivity contribution is 5.45. The molecule has 0 atom stereocenters.